The third-order valence-electron chi connectivity index (χ3n) is 3.06. The quantitative estimate of drug-likeness (QED) is 0.592. The number of carbonyl (C=O) groups is 2. The first-order valence-electron chi connectivity index (χ1n) is 8.03. The van der Waals surface area contributed by atoms with E-state index in [1.165, 1.54) is 0 Å². The molecule has 2 amide bonds. The molecule has 0 saturated carbocycles. The maximum absolute atomic E-state index is 12.4. The number of nitrogens with zero attached hydrogens (tertiary/aromatic N) is 1. The summed E-state index contributed by atoms with van der Waals surface area (Å²) < 4.78 is 5.17. The summed E-state index contributed by atoms with van der Waals surface area (Å²) >= 11 is 0. The molecule has 130 valence electrons. The summed E-state index contributed by atoms with van der Waals surface area (Å²) in [5, 5.41) is 2.74. The first kappa shape index (κ1) is 20.9. The highest BCUT2D eigenvalue weighted by molar-refractivity contribution is 5.84. The van der Waals surface area contributed by atoms with Gasteiger partial charge in [0.2, 0.25) is 11.8 Å². The van der Waals surface area contributed by atoms with Crippen molar-refractivity contribution in [3.63, 3.8) is 0 Å². The lowest BCUT2D eigenvalue weighted by molar-refractivity contribution is -0.138. The number of nitrogens with one attached hydrogen (secondary N) is 1. The van der Waals surface area contributed by atoms with Crippen molar-refractivity contribution in [2.45, 2.75) is 53.0 Å². The molecule has 0 spiro atoms. The van der Waals surface area contributed by atoms with Crippen LogP contribution < -0.4 is 11.1 Å². The van der Waals surface area contributed by atoms with Crippen molar-refractivity contribution in [2.75, 3.05) is 32.8 Å². The van der Waals surface area contributed by atoms with Crippen molar-refractivity contribution in [3.8, 4) is 0 Å². The van der Waals surface area contributed by atoms with E-state index < -0.39 is 0 Å². The van der Waals surface area contributed by atoms with Crippen molar-refractivity contribution in [1.82, 2.24) is 10.2 Å². The molecular weight excluding hydrogens is 282 g/mol. The summed E-state index contributed by atoms with van der Waals surface area (Å²) in [6.07, 6.45) is 0.444. The standard InChI is InChI=1S/C16H33N3O3/c1-13(2)12-19(16(3,4)5)15(21)7-6-14(20)18-9-11-22-10-8-17/h13H,6-12,17H2,1-5H3,(H,18,20). The third-order valence-corrected chi connectivity index (χ3v) is 3.06. The van der Waals surface area contributed by atoms with Crippen LogP contribution in [0.15, 0.2) is 0 Å². The number of rotatable bonds is 10. The van der Waals surface area contributed by atoms with Gasteiger partial charge in [0.05, 0.1) is 13.2 Å². The molecule has 0 aromatic rings. The maximum atomic E-state index is 12.4. The van der Waals surface area contributed by atoms with Crippen molar-refractivity contribution < 1.29 is 14.3 Å². The van der Waals surface area contributed by atoms with Gasteiger partial charge in [-0.2, -0.15) is 0 Å². The lowest BCUT2D eigenvalue weighted by atomic mass is 10.0. The molecule has 6 nitrogen and oxygen atoms in total. The summed E-state index contributed by atoms with van der Waals surface area (Å²) in [6.45, 7) is 12.8. The van der Waals surface area contributed by atoms with Crippen LogP contribution in [0.3, 0.4) is 0 Å². The van der Waals surface area contributed by atoms with Crippen LogP contribution >= 0.6 is 0 Å². The topological polar surface area (TPSA) is 84.7 Å². The molecule has 0 aromatic carbocycles. The first-order valence-corrected chi connectivity index (χ1v) is 8.03. The Kier molecular flexibility index (Phi) is 10.0. The molecule has 6 heteroatoms. The van der Waals surface area contributed by atoms with Crippen molar-refractivity contribution in [3.05, 3.63) is 0 Å². The van der Waals surface area contributed by atoms with Crippen molar-refractivity contribution in [1.29, 1.82) is 0 Å². The fourth-order valence-corrected chi connectivity index (χ4v) is 2.01. The Morgan fingerprint density at radius 3 is 2.32 bits per heavy atom. The van der Waals surface area contributed by atoms with Gasteiger partial charge in [0.15, 0.2) is 0 Å². The Morgan fingerprint density at radius 2 is 1.82 bits per heavy atom. The summed E-state index contributed by atoms with van der Waals surface area (Å²) in [7, 11) is 0. The highest BCUT2D eigenvalue weighted by atomic mass is 16.5. The van der Waals surface area contributed by atoms with E-state index in [2.05, 4.69) is 19.2 Å². The Hall–Kier alpha value is -1.14. The van der Waals surface area contributed by atoms with Gasteiger partial charge in [-0.15, -0.1) is 0 Å². The van der Waals surface area contributed by atoms with E-state index in [-0.39, 0.29) is 30.2 Å². The van der Waals surface area contributed by atoms with E-state index in [9.17, 15) is 9.59 Å². The second-order valence-electron chi connectivity index (χ2n) is 6.82. The van der Waals surface area contributed by atoms with Crippen molar-refractivity contribution >= 4 is 11.8 Å². The van der Waals surface area contributed by atoms with Crippen LogP contribution in [0.25, 0.3) is 0 Å². The molecule has 0 aromatic heterocycles. The van der Waals surface area contributed by atoms with Crippen LogP contribution in [-0.2, 0) is 14.3 Å². The van der Waals surface area contributed by atoms with E-state index in [0.29, 0.717) is 38.8 Å². The summed E-state index contributed by atoms with van der Waals surface area (Å²) in [6, 6.07) is 0. The molecule has 0 saturated heterocycles. The minimum Gasteiger partial charge on any atom is -0.378 e. The number of amides is 2. The Bertz CT molecular complexity index is 338. The third kappa shape index (κ3) is 9.73. The fraction of sp³-hybridized carbons (Fsp3) is 0.875. The average molecular weight is 315 g/mol. The predicted molar refractivity (Wildman–Crippen MR) is 88.4 cm³/mol. The van der Waals surface area contributed by atoms with Gasteiger partial charge in [0.25, 0.3) is 0 Å². The highest BCUT2D eigenvalue weighted by Gasteiger charge is 2.26. The lowest BCUT2D eigenvalue weighted by Gasteiger charge is -2.37. The molecule has 0 aliphatic rings. The minimum absolute atomic E-state index is 0.0238. The predicted octanol–water partition coefficient (Wildman–Crippen LogP) is 1.14. The molecule has 0 bridgehead atoms. The second kappa shape index (κ2) is 10.6. The molecule has 3 N–H and O–H groups in total. The van der Waals surface area contributed by atoms with Gasteiger partial charge in [0, 0.05) is 38.0 Å². The second-order valence-corrected chi connectivity index (χ2v) is 6.82. The van der Waals surface area contributed by atoms with E-state index >= 15 is 0 Å². The summed E-state index contributed by atoms with van der Waals surface area (Å²) in [5.41, 5.74) is 5.07. The molecular formula is C16H33N3O3. The Balaban J connectivity index is 4.14. The molecule has 22 heavy (non-hydrogen) atoms. The molecule has 0 rings (SSSR count). The van der Waals surface area contributed by atoms with Crippen LogP contribution in [0.5, 0.6) is 0 Å². The minimum atomic E-state index is -0.228. The molecule has 0 fully saturated rings. The largest absolute Gasteiger partial charge is 0.378 e. The van der Waals surface area contributed by atoms with E-state index in [4.69, 9.17) is 10.5 Å². The normalized spacial score (nSPS) is 11.6. The average Bonchev–Trinajstić information content (AvgIpc) is 2.40. The van der Waals surface area contributed by atoms with Crippen LogP contribution in [0.2, 0.25) is 0 Å². The van der Waals surface area contributed by atoms with Crippen LogP contribution in [0, 0.1) is 5.92 Å². The molecule has 0 aliphatic heterocycles. The summed E-state index contributed by atoms with van der Waals surface area (Å²) in [4.78, 5) is 25.9. The van der Waals surface area contributed by atoms with Gasteiger partial charge in [-0.1, -0.05) is 13.8 Å². The number of ether oxygens (including phenoxy) is 1. The van der Waals surface area contributed by atoms with E-state index in [0.717, 1.165) is 0 Å². The van der Waals surface area contributed by atoms with Gasteiger partial charge < -0.3 is 20.7 Å². The highest BCUT2D eigenvalue weighted by Crippen LogP contribution is 2.17. The zero-order valence-corrected chi connectivity index (χ0v) is 14.8. The smallest absolute Gasteiger partial charge is 0.223 e. The monoisotopic (exact) mass is 315 g/mol. The number of carbonyl (C=O) groups excluding carboxylic acids is 2. The van der Waals surface area contributed by atoms with Crippen LogP contribution in [-0.4, -0.2) is 55.1 Å². The van der Waals surface area contributed by atoms with E-state index in [1.54, 1.807) is 0 Å². The zero-order chi connectivity index (χ0) is 17.2. The van der Waals surface area contributed by atoms with E-state index in [1.807, 2.05) is 25.7 Å². The summed E-state index contributed by atoms with van der Waals surface area (Å²) in [5.74, 6) is 0.301. The van der Waals surface area contributed by atoms with Crippen LogP contribution in [0.1, 0.15) is 47.5 Å². The number of hydrogen-bond acceptors (Lipinski definition) is 4. The van der Waals surface area contributed by atoms with Gasteiger partial charge in [0.1, 0.15) is 0 Å². The fourth-order valence-electron chi connectivity index (χ4n) is 2.01. The molecule has 0 atom stereocenters. The number of hydrogen-bond donors (Lipinski definition) is 2. The first-order chi connectivity index (χ1) is 10.2. The molecule has 0 heterocycles. The molecule has 0 unspecified atom stereocenters. The molecule has 0 radical (unpaired) electrons. The SMILES string of the molecule is CC(C)CN(C(=O)CCC(=O)NCCOCCN)C(C)(C)C. The van der Waals surface area contributed by atoms with Gasteiger partial charge in [-0.3, -0.25) is 9.59 Å². The molecule has 0 aliphatic carbocycles. The van der Waals surface area contributed by atoms with Gasteiger partial charge in [-0.05, 0) is 26.7 Å². The van der Waals surface area contributed by atoms with Gasteiger partial charge >= 0.3 is 0 Å². The van der Waals surface area contributed by atoms with Gasteiger partial charge in [-0.25, -0.2) is 0 Å². The Labute approximate surface area is 134 Å². The zero-order valence-electron chi connectivity index (χ0n) is 14.8. The number of nitrogens with two attached hydrogens (primary N) is 1. The Morgan fingerprint density at radius 1 is 1.18 bits per heavy atom. The van der Waals surface area contributed by atoms with Crippen LogP contribution in [0.4, 0.5) is 0 Å². The maximum Gasteiger partial charge on any atom is 0.223 e. The lowest BCUT2D eigenvalue weighted by Crippen LogP contribution is -2.47. The van der Waals surface area contributed by atoms with Crippen molar-refractivity contribution in [2.24, 2.45) is 11.7 Å².